The number of anilines is 1. The third kappa shape index (κ3) is 3.94. The predicted octanol–water partition coefficient (Wildman–Crippen LogP) is 2.03. The number of aromatic nitrogens is 5. The second-order valence-corrected chi connectivity index (χ2v) is 6.20. The quantitative estimate of drug-likeness (QED) is 0.651. The van der Waals surface area contributed by atoms with Gasteiger partial charge >= 0.3 is 0 Å². The maximum absolute atomic E-state index is 12.3. The molecule has 0 atom stereocenters. The molecule has 2 heterocycles. The van der Waals surface area contributed by atoms with E-state index < -0.39 is 5.91 Å². The molecular formula is C15H13BrClN7O. The summed E-state index contributed by atoms with van der Waals surface area (Å²) in [5.74, 6) is -0.331. The fraction of sp³-hybridized carbons (Fsp3) is 0.133. The van der Waals surface area contributed by atoms with Crippen LogP contribution in [-0.4, -0.2) is 37.4 Å². The molecule has 3 rings (SSSR count). The van der Waals surface area contributed by atoms with Gasteiger partial charge in [0.25, 0.3) is 5.91 Å². The van der Waals surface area contributed by atoms with Crippen molar-refractivity contribution in [1.82, 2.24) is 30.3 Å². The molecule has 1 aromatic carbocycles. The summed E-state index contributed by atoms with van der Waals surface area (Å²) >= 11 is 9.54. The Kier molecular flexibility index (Phi) is 5.25. The molecule has 0 spiro atoms. The van der Waals surface area contributed by atoms with Crippen LogP contribution in [0.4, 0.5) is 5.82 Å². The molecule has 0 aliphatic rings. The van der Waals surface area contributed by atoms with E-state index in [0.29, 0.717) is 13.0 Å². The summed E-state index contributed by atoms with van der Waals surface area (Å²) in [5.41, 5.74) is 6.88. The summed E-state index contributed by atoms with van der Waals surface area (Å²) < 4.78 is 0.989. The van der Waals surface area contributed by atoms with Crippen LogP contribution in [0.3, 0.4) is 0 Å². The molecule has 0 saturated carbocycles. The van der Waals surface area contributed by atoms with Crippen LogP contribution in [0.1, 0.15) is 16.1 Å². The first-order valence-corrected chi connectivity index (χ1v) is 8.44. The Balaban J connectivity index is 1.70. The molecule has 8 nitrogen and oxygen atoms in total. The highest BCUT2D eigenvalue weighted by molar-refractivity contribution is 9.10. The van der Waals surface area contributed by atoms with Crippen LogP contribution in [0.2, 0.25) is 5.15 Å². The SMILES string of the molecule is Nc1nc(-n2nccn2)c(Cl)nc1C(=O)NCCc1ccccc1Br. The highest BCUT2D eigenvalue weighted by Gasteiger charge is 2.18. The van der Waals surface area contributed by atoms with Gasteiger partial charge in [0.2, 0.25) is 5.82 Å². The van der Waals surface area contributed by atoms with Gasteiger partial charge < -0.3 is 11.1 Å². The highest BCUT2D eigenvalue weighted by atomic mass is 79.9. The third-order valence-electron chi connectivity index (χ3n) is 3.32. The van der Waals surface area contributed by atoms with E-state index >= 15 is 0 Å². The smallest absolute Gasteiger partial charge is 0.273 e. The first-order chi connectivity index (χ1) is 12.1. The minimum Gasteiger partial charge on any atom is -0.382 e. The molecular weight excluding hydrogens is 410 g/mol. The molecule has 0 fully saturated rings. The molecule has 0 radical (unpaired) electrons. The van der Waals surface area contributed by atoms with Gasteiger partial charge in [-0.2, -0.15) is 10.2 Å². The zero-order valence-electron chi connectivity index (χ0n) is 12.9. The van der Waals surface area contributed by atoms with Gasteiger partial charge in [-0.3, -0.25) is 4.79 Å². The van der Waals surface area contributed by atoms with Crippen molar-refractivity contribution in [1.29, 1.82) is 0 Å². The fourth-order valence-electron chi connectivity index (χ4n) is 2.13. The number of amides is 1. The number of halogens is 2. The lowest BCUT2D eigenvalue weighted by Gasteiger charge is -2.09. The van der Waals surface area contributed by atoms with Gasteiger partial charge in [-0.25, -0.2) is 9.97 Å². The molecule has 25 heavy (non-hydrogen) atoms. The van der Waals surface area contributed by atoms with E-state index in [9.17, 15) is 4.79 Å². The van der Waals surface area contributed by atoms with E-state index in [1.54, 1.807) is 0 Å². The van der Waals surface area contributed by atoms with Gasteiger partial charge in [0, 0.05) is 11.0 Å². The number of hydrogen-bond acceptors (Lipinski definition) is 6. The molecule has 0 saturated heterocycles. The number of rotatable bonds is 5. The summed E-state index contributed by atoms with van der Waals surface area (Å²) in [4.78, 5) is 21.6. The van der Waals surface area contributed by atoms with Crippen molar-refractivity contribution in [2.45, 2.75) is 6.42 Å². The molecule has 3 aromatic rings. The molecule has 1 amide bonds. The largest absolute Gasteiger partial charge is 0.382 e. The highest BCUT2D eigenvalue weighted by Crippen LogP contribution is 2.19. The van der Waals surface area contributed by atoms with Gasteiger partial charge in [0.05, 0.1) is 12.4 Å². The monoisotopic (exact) mass is 421 g/mol. The molecule has 3 N–H and O–H groups in total. The lowest BCUT2D eigenvalue weighted by molar-refractivity contribution is 0.0950. The number of nitrogens with zero attached hydrogens (tertiary/aromatic N) is 5. The molecule has 128 valence electrons. The maximum Gasteiger partial charge on any atom is 0.273 e. The van der Waals surface area contributed by atoms with Crippen LogP contribution in [0, 0.1) is 0 Å². The summed E-state index contributed by atoms with van der Waals surface area (Å²) in [5, 5.41) is 10.6. The number of nitrogen functional groups attached to an aromatic ring is 1. The van der Waals surface area contributed by atoms with Crippen molar-refractivity contribution in [3.05, 3.63) is 57.5 Å². The van der Waals surface area contributed by atoms with Crippen molar-refractivity contribution in [2.75, 3.05) is 12.3 Å². The Hall–Kier alpha value is -2.52. The molecule has 0 aliphatic carbocycles. The van der Waals surface area contributed by atoms with Crippen molar-refractivity contribution in [2.24, 2.45) is 0 Å². The van der Waals surface area contributed by atoms with Gasteiger partial charge in [-0.05, 0) is 18.1 Å². The average molecular weight is 423 g/mol. The van der Waals surface area contributed by atoms with Crippen molar-refractivity contribution < 1.29 is 4.79 Å². The minimum atomic E-state index is -0.445. The summed E-state index contributed by atoms with van der Waals surface area (Å²) in [6.07, 6.45) is 3.59. The van der Waals surface area contributed by atoms with Gasteiger partial charge in [-0.15, -0.1) is 4.80 Å². The zero-order valence-corrected chi connectivity index (χ0v) is 15.2. The van der Waals surface area contributed by atoms with Gasteiger partial charge in [0.15, 0.2) is 16.7 Å². The average Bonchev–Trinajstić information content (AvgIpc) is 3.12. The summed E-state index contributed by atoms with van der Waals surface area (Å²) in [6, 6.07) is 7.79. The Bertz CT molecular complexity index is 901. The van der Waals surface area contributed by atoms with Crippen molar-refractivity contribution >= 4 is 39.3 Å². The number of nitrogens with two attached hydrogens (primary N) is 1. The van der Waals surface area contributed by atoms with Crippen LogP contribution in [0.5, 0.6) is 0 Å². The van der Waals surface area contributed by atoms with E-state index in [0.717, 1.165) is 10.0 Å². The maximum atomic E-state index is 12.3. The van der Waals surface area contributed by atoms with Gasteiger partial charge in [0.1, 0.15) is 0 Å². The Morgan fingerprint density at radius 1 is 1.24 bits per heavy atom. The topological polar surface area (TPSA) is 112 Å². The second kappa shape index (κ2) is 7.58. The normalized spacial score (nSPS) is 10.6. The fourth-order valence-corrected chi connectivity index (χ4v) is 2.82. The molecule has 0 bridgehead atoms. The van der Waals surface area contributed by atoms with E-state index in [-0.39, 0.29) is 22.5 Å². The number of hydrogen-bond donors (Lipinski definition) is 2. The Labute approximate surface area is 156 Å². The minimum absolute atomic E-state index is 0.0126. The molecule has 0 unspecified atom stereocenters. The van der Waals surface area contributed by atoms with E-state index in [1.165, 1.54) is 17.2 Å². The predicted molar refractivity (Wildman–Crippen MR) is 96.6 cm³/mol. The Morgan fingerprint density at radius 2 is 1.96 bits per heavy atom. The first kappa shape index (κ1) is 17.3. The van der Waals surface area contributed by atoms with E-state index in [4.69, 9.17) is 17.3 Å². The van der Waals surface area contributed by atoms with Gasteiger partial charge in [-0.1, -0.05) is 45.7 Å². The van der Waals surface area contributed by atoms with Crippen molar-refractivity contribution in [3.8, 4) is 5.82 Å². The second-order valence-electron chi connectivity index (χ2n) is 4.99. The third-order valence-corrected chi connectivity index (χ3v) is 4.35. The summed E-state index contributed by atoms with van der Waals surface area (Å²) in [7, 11) is 0. The molecule has 2 aromatic heterocycles. The lowest BCUT2D eigenvalue weighted by Crippen LogP contribution is -2.28. The van der Waals surface area contributed by atoms with Crippen LogP contribution < -0.4 is 11.1 Å². The Morgan fingerprint density at radius 3 is 2.68 bits per heavy atom. The lowest BCUT2D eigenvalue weighted by atomic mass is 10.1. The number of nitrogens with one attached hydrogen (secondary N) is 1. The molecule has 0 aliphatic heterocycles. The summed E-state index contributed by atoms with van der Waals surface area (Å²) in [6.45, 7) is 0.419. The molecule has 10 heteroatoms. The number of carbonyl (C=O) groups is 1. The van der Waals surface area contributed by atoms with E-state index in [1.807, 2.05) is 24.3 Å². The van der Waals surface area contributed by atoms with Crippen LogP contribution >= 0.6 is 27.5 Å². The number of carbonyl (C=O) groups excluding carboxylic acids is 1. The van der Waals surface area contributed by atoms with Crippen LogP contribution in [-0.2, 0) is 6.42 Å². The van der Waals surface area contributed by atoms with Crippen LogP contribution in [0.15, 0.2) is 41.1 Å². The standard InChI is InChI=1S/C15H13BrClN7O/c16-10-4-2-1-3-9(10)5-6-19-15(25)11-13(18)23-14(12(17)22-11)24-20-7-8-21-24/h1-4,7-8H,5-6H2,(H2,18,23)(H,19,25). The zero-order chi connectivity index (χ0) is 17.8. The van der Waals surface area contributed by atoms with Crippen LogP contribution in [0.25, 0.3) is 5.82 Å². The first-order valence-electron chi connectivity index (χ1n) is 7.27. The number of benzene rings is 1. The van der Waals surface area contributed by atoms with Crippen molar-refractivity contribution in [3.63, 3.8) is 0 Å². The van der Waals surface area contributed by atoms with E-state index in [2.05, 4.69) is 41.4 Å².